The van der Waals surface area contributed by atoms with Gasteiger partial charge in [0.1, 0.15) is 0 Å². The maximum Gasteiger partial charge on any atom is 0.387 e. The molecular weight excluding hydrogens is 432 g/mol. The molecule has 0 heterocycles. The highest BCUT2D eigenvalue weighted by Crippen LogP contribution is 2.55. The van der Waals surface area contributed by atoms with Crippen LogP contribution in [0.2, 0.25) is 0 Å². The number of carbonyl (C=O) groups excluding carboxylic acids is 2. The molecule has 4 fully saturated rings. The number of halogens is 2. The Morgan fingerprint density at radius 3 is 2.30 bits per heavy atom. The fourth-order valence-electron chi connectivity index (χ4n) is 6.34. The van der Waals surface area contributed by atoms with E-state index in [1.807, 2.05) is 0 Å². The standard InChI is InChI=1S/C24H33F2N3O4/c1-32-19-3-2-15(11-20(19)33-22(25)26)4-6-27-21(30)5-7-28-23(31)29-24-12-16-8-17(13-24)10-18(9-16)14-24/h2-3,11,16-18,22H,4-10,12-14H2,1H3,(H,27,30)(H2,28,29,31). The quantitative estimate of drug-likeness (QED) is 0.493. The molecule has 4 bridgehead atoms. The normalized spacial score (nSPS) is 27.3. The molecule has 0 spiro atoms. The van der Waals surface area contributed by atoms with Gasteiger partial charge in [-0.25, -0.2) is 4.79 Å². The minimum atomic E-state index is -2.94. The molecule has 4 aliphatic rings. The predicted molar refractivity (Wildman–Crippen MR) is 118 cm³/mol. The van der Waals surface area contributed by atoms with E-state index in [-0.39, 0.29) is 41.9 Å². The highest BCUT2D eigenvalue weighted by molar-refractivity contribution is 5.78. The second-order valence-electron chi connectivity index (χ2n) is 9.79. The fourth-order valence-corrected chi connectivity index (χ4v) is 6.34. The van der Waals surface area contributed by atoms with Crippen LogP contribution in [-0.4, -0.2) is 44.3 Å². The third-order valence-electron chi connectivity index (χ3n) is 7.23. The summed E-state index contributed by atoms with van der Waals surface area (Å²) < 4.78 is 34.6. The minimum absolute atomic E-state index is 0.0365. The molecule has 0 saturated heterocycles. The zero-order valence-corrected chi connectivity index (χ0v) is 19.0. The summed E-state index contributed by atoms with van der Waals surface area (Å²) in [6, 6.07) is 4.59. The molecule has 1 aromatic carbocycles. The second kappa shape index (κ2) is 10.1. The van der Waals surface area contributed by atoms with Crippen molar-refractivity contribution in [3.63, 3.8) is 0 Å². The first-order valence-electron chi connectivity index (χ1n) is 11.8. The molecule has 3 N–H and O–H groups in total. The Bertz CT molecular complexity index is 829. The lowest BCUT2D eigenvalue weighted by Crippen LogP contribution is -2.61. The summed E-state index contributed by atoms with van der Waals surface area (Å²) in [7, 11) is 1.38. The summed E-state index contributed by atoms with van der Waals surface area (Å²) in [6.07, 6.45) is 7.85. The van der Waals surface area contributed by atoms with Crippen LogP contribution < -0.4 is 25.4 Å². The number of ether oxygens (including phenoxy) is 2. The van der Waals surface area contributed by atoms with Gasteiger partial charge >= 0.3 is 12.6 Å². The average Bonchev–Trinajstić information content (AvgIpc) is 2.72. The number of hydrogen-bond acceptors (Lipinski definition) is 4. The van der Waals surface area contributed by atoms with Gasteiger partial charge in [0.15, 0.2) is 11.5 Å². The minimum Gasteiger partial charge on any atom is -0.493 e. The number of rotatable bonds is 10. The summed E-state index contributed by atoms with van der Waals surface area (Å²) in [4.78, 5) is 24.6. The summed E-state index contributed by atoms with van der Waals surface area (Å²) in [6.45, 7) is -2.33. The van der Waals surface area contributed by atoms with Gasteiger partial charge in [-0.15, -0.1) is 0 Å². The van der Waals surface area contributed by atoms with Crippen molar-refractivity contribution in [1.29, 1.82) is 0 Å². The molecule has 1 aromatic rings. The Kier molecular flexibility index (Phi) is 7.24. The van der Waals surface area contributed by atoms with Crippen molar-refractivity contribution in [3.05, 3.63) is 23.8 Å². The number of amides is 3. The molecule has 5 rings (SSSR count). The highest BCUT2D eigenvalue weighted by atomic mass is 19.3. The van der Waals surface area contributed by atoms with Crippen molar-refractivity contribution >= 4 is 11.9 Å². The molecule has 182 valence electrons. The second-order valence-corrected chi connectivity index (χ2v) is 9.79. The third-order valence-corrected chi connectivity index (χ3v) is 7.23. The summed E-state index contributed by atoms with van der Waals surface area (Å²) >= 11 is 0. The SMILES string of the molecule is COc1ccc(CCNC(=O)CCNC(=O)NC23CC4CC(CC(C4)C2)C3)cc1OC(F)F. The first-order valence-corrected chi connectivity index (χ1v) is 11.8. The molecule has 0 aromatic heterocycles. The zero-order valence-electron chi connectivity index (χ0n) is 19.0. The number of urea groups is 1. The van der Waals surface area contributed by atoms with Crippen LogP contribution in [0.1, 0.15) is 50.5 Å². The van der Waals surface area contributed by atoms with Gasteiger partial charge in [-0.05, 0) is 80.4 Å². The lowest BCUT2D eigenvalue weighted by molar-refractivity contribution is -0.120. The molecule has 9 heteroatoms. The molecular formula is C24H33F2N3O4. The van der Waals surface area contributed by atoms with Crippen molar-refractivity contribution < 1.29 is 27.8 Å². The predicted octanol–water partition coefficient (Wildman–Crippen LogP) is 3.61. The van der Waals surface area contributed by atoms with Crippen LogP contribution in [0.4, 0.5) is 13.6 Å². The molecule has 33 heavy (non-hydrogen) atoms. The Labute approximate surface area is 193 Å². The Hall–Kier alpha value is -2.58. The van der Waals surface area contributed by atoms with Crippen LogP contribution in [0.5, 0.6) is 11.5 Å². The van der Waals surface area contributed by atoms with Crippen LogP contribution in [0.3, 0.4) is 0 Å². The number of carbonyl (C=O) groups is 2. The van der Waals surface area contributed by atoms with E-state index in [4.69, 9.17) is 4.74 Å². The van der Waals surface area contributed by atoms with Crippen molar-refractivity contribution in [3.8, 4) is 11.5 Å². The average molecular weight is 466 g/mol. The largest absolute Gasteiger partial charge is 0.493 e. The first kappa shape index (κ1) is 23.6. The van der Waals surface area contributed by atoms with Crippen molar-refractivity contribution in [2.24, 2.45) is 17.8 Å². The van der Waals surface area contributed by atoms with Gasteiger partial charge in [0, 0.05) is 25.0 Å². The van der Waals surface area contributed by atoms with E-state index < -0.39 is 6.61 Å². The van der Waals surface area contributed by atoms with Crippen LogP contribution in [-0.2, 0) is 11.2 Å². The van der Waals surface area contributed by atoms with Crippen LogP contribution in [0, 0.1) is 17.8 Å². The Morgan fingerprint density at radius 1 is 1.03 bits per heavy atom. The maximum absolute atomic E-state index is 12.5. The molecule has 0 atom stereocenters. The zero-order chi connectivity index (χ0) is 23.4. The number of hydrogen-bond donors (Lipinski definition) is 3. The summed E-state index contributed by atoms with van der Waals surface area (Å²) in [5.74, 6) is 2.28. The molecule has 4 saturated carbocycles. The van der Waals surface area contributed by atoms with Gasteiger partial charge in [0.05, 0.1) is 7.11 Å². The number of benzene rings is 1. The number of methoxy groups -OCH3 is 1. The topological polar surface area (TPSA) is 88.7 Å². The van der Waals surface area contributed by atoms with Crippen molar-refractivity contribution in [2.45, 2.75) is 63.5 Å². The van der Waals surface area contributed by atoms with Gasteiger partial charge < -0.3 is 25.4 Å². The van der Waals surface area contributed by atoms with E-state index in [1.54, 1.807) is 12.1 Å². The molecule has 7 nitrogen and oxygen atoms in total. The van der Waals surface area contributed by atoms with Gasteiger partial charge in [0.25, 0.3) is 0 Å². The van der Waals surface area contributed by atoms with E-state index >= 15 is 0 Å². The van der Waals surface area contributed by atoms with Crippen molar-refractivity contribution in [2.75, 3.05) is 20.2 Å². The Morgan fingerprint density at radius 2 is 1.70 bits per heavy atom. The van der Waals surface area contributed by atoms with E-state index in [1.165, 1.54) is 32.4 Å². The van der Waals surface area contributed by atoms with Crippen LogP contribution in [0.15, 0.2) is 18.2 Å². The highest BCUT2D eigenvalue weighted by Gasteiger charge is 2.51. The molecule has 0 unspecified atom stereocenters. The monoisotopic (exact) mass is 465 g/mol. The third kappa shape index (κ3) is 6.06. The van der Waals surface area contributed by atoms with Gasteiger partial charge in [-0.3, -0.25) is 4.79 Å². The van der Waals surface area contributed by atoms with E-state index in [9.17, 15) is 18.4 Å². The van der Waals surface area contributed by atoms with Gasteiger partial charge in [0.2, 0.25) is 5.91 Å². The van der Waals surface area contributed by atoms with Gasteiger partial charge in [-0.1, -0.05) is 6.07 Å². The van der Waals surface area contributed by atoms with E-state index in [2.05, 4.69) is 20.7 Å². The Balaban J connectivity index is 1.14. The van der Waals surface area contributed by atoms with Crippen LogP contribution >= 0.6 is 0 Å². The van der Waals surface area contributed by atoms with Crippen molar-refractivity contribution in [1.82, 2.24) is 16.0 Å². The number of nitrogens with one attached hydrogen (secondary N) is 3. The van der Waals surface area contributed by atoms with E-state index in [0.29, 0.717) is 13.0 Å². The fraction of sp³-hybridized carbons (Fsp3) is 0.667. The lowest BCUT2D eigenvalue weighted by atomic mass is 9.53. The van der Waals surface area contributed by atoms with E-state index in [0.717, 1.165) is 42.6 Å². The molecule has 0 radical (unpaired) electrons. The number of alkyl halides is 2. The molecule has 4 aliphatic carbocycles. The first-order chi connectivity index (χ1) is 15.8. The van der Waals surface area contributed by atoms with Crippen LogP contribution in [0.25, 0.3) is 0 Å². The van der Waals surface area contributed by atoms with Gasteiger partial charge in [-0.2, -0.15) is 8.78 Å². The smallest absolute Gasteiger partial charge is 0.387 e. The molecule has 3 amide bonds. The lowest BCUT2D eigenvalue weighted by Gasteiger charge is -2.56. The summed E-state index contributed by atoms with van der Waals surface area (Å²) in [5, 5.41) is 8.85. The summed E-state index contributed by atoms with van der Waals surface area (Å²) in [5.41, 5.74) is 0.687. The maximum atomic E-state index is 12.5. The molecule has 0 aliphatic heterocycles.